The molecule has 1 amide bonds. The van der Waals surface area contributed by atoms with Gasteiger partial charge in [0.05, 0.1) is 5.69 Å². The Morgan fingerprint density at radius 2 is 2.28 bits per heavy atom. The van der Waals surface area contributed by atoms with Crippen LogP contribution < -0.4 is 5.32 Å². The Labute approximate surface area is 106 Å². The van der Waals surface area contributed by atoms with E-state index in [2.05, 4.69) is 17.3 Å². The molecule has 2 aliphatic heterocycles. The standard InChI is InChI=1S/C14H17FN2O/c1-17-6-5-9(8-17)11-7-13(18)16-14-10(11)3-2-4-12(14)15/h2-4,9,11H,5-8H2,1H3,(H,16,18). The van der Waals surface area contributed by atoms with Crippen LogP contribution in [0.2, 0.25) is 0 Å². The number of nitrogens with zero attached hydrogens (tertiary/aromatic N) is 1. The Balaban J connectivity index is 1.97. The number of carbonyl (C=O) groups excluding carboxylic acids is 1. The number of para-hydroxylation sites is 1. The summed E-state index contributed by atoms with van der Waals surface area (Å²) in [5, 5.41) is 2.67. The molecule has 3 nitrogen and oxygen atoms in total. The number of fused-ring (bicyclic) bond motifs is 1. The summed E-state index contributed by atoms with van der Waals surface area (Å²) in [4.78, 5) is 14.0. The van der Waals surface area contributed by atoms with Gasteiger partial charge in [-0.3, -0.25) is 4.79 Å². The average molecular weight is 248 g/mol. The highest BCUT2D eigenvalue weighted by molar-refractivity contribution is 5.94. The van der Waals surface area contributed by atoms with Crippen molar-refractivity contribution in [3.8, 4) is 0 Å². The van der Waals surface area contributed by atoms with Gasteiger partial charge in [-0.1, -0.05) is 12.1 Å². The molecular formula is C14H17FN2O. The third-order valence-electron chi connectivity index (χ3n) is 4.11. The highest BCUT2D eigenvalue weighted by Crippen LogP contribution is 2.41. The molecule has 1 N–H and O–H groups in total. The lowest BCUT2D eigenvalue weighted by Crippen LogP contribution is -2.29. The van der Waals surface area contributed by atoms with Gasteiger partial charge in [-0.2, -0.15) is 0 Å². The van der Waals surface area contributed by atoms with Gasteiger partial charge in [-0.15, -0.1) is 0 Å². The molecule has 4 heteroatoms. The quantitative estimate of drug-likeness (QED) is 0.826. The maximum atomic E-state index is 13.8. The zero-order valence-corrected chi connectivity index (χ0v) is 10.4. The van der Waals surface area contributed by atoms with Crippen molar-refractivity contribution in [2.75, 3.05) is 25.5 Å². The third kappa shape index (κ3) is 1.90. The molecule has 2 atom stereocenters. The van der Waals surface area contributed by atoms with Crippen molar-refractivity contribution < 1.29 is 9.18 Å². The molecular weight excluding hydrogens is 231 g/mol. The Bertz CT molecular complexity index is 489. The van der Waals surface area contributed by atoms with E-state index in [4.69, 9.17) is 0 Å². The predicted molar refractivity (Wildman–Crippen MR) is 68.0 cm³/mol. The number of carbonyl (C=O) groups is 1. The largest absolute Gasteiger partial charge is 0.323 e. The number of anilines is 1. The number of nitrogens with one attached hydrogen (secondary N) is 1. The smallest absolute Gasteiger partial charge is 0.225 e. The van der Waals surface area contributed by atoms with Gasteiger partial charge >= 0.3 is 0 Å². The van der Waals surface area contributed by atoms with Crippen LogP contribution in [0, 0.1) is 11.7 Å². The Morgan fingerprint density at radius 3 is 3.00 bits per heavy atom. The molecule has 2 heterocycles. The molecule has 0 radical (unpaired) electrons. The summed E-state index contributed by atoms with van der Waals surface area (Å²) < 4.78 is 13.8. The summed E-state index contributed by atoms with van der Waals surface area (Å²) in [6.07, 6.45) is 1.57. The fourth-order valence-corrected chi connectivity index (χ4v) is 3.20. The molecule has 3 rings (SSSR count). The van der Waals surface area contributed by atoms with E-state index >= 15 is 0 Å². The number of hydrogen-bond acceptors (Lipinski definition) is 2. The monoisotopic (exact) mass is 248 g/mol. The summed E-state index contributed by atoms with van der Waals surface area (Å²) >= 11 is 0. The molecule has 0 saturated carbocycles. The fourth-order valence-electron chi connectivity index (χ4n) is 3.20. The van der Waals surface area contributed by atoms with E-state index < -0.39 is 0 Å². The van der Waals surface area contributed by atoms with Gasteiger partial charge in [-0.05, 0) is 43.5 Å². The number of halogens is 1. The zero-order valence-electron chi connectivity index (χ0n) is 10.4. The lowest BCUT2D eigenvalue weighted by molar-refractivity contribution is -0.117. The van der Waals surface area contributed by atoms with Crippen molar-refractivity contribution in [1.82, 2.24) is 4.90 Å². The third-order valence-corrected chi connectivity index (χ3v) is 4.11. The van der Waals surface area contributed by atoms with E-state index in [0.29, 0.717) is 18.0 Å². The van der Waals surface area contributed by atoms with Crippen LogP contribution in [0.5, 0.6) is 0 Å². The second-order valence-electron chi connectivity index (χ2n) is 5.37. The van der Waals surface area contributed by atoms with Gasteiger partial charge in [0, 0.05) is 13.0 Å². The average Bonchev–Trinajstić information content (AvgIpc) is 2.76. The van der Waals surface area contributed by atoms with Crippen LogP contribution in [-0.4, -0.2) is 30.9 Å². The van der Waals surface area contributed by atoms with Crippen LogP contribution in [-0.2, 0) is 4.79 Å². The fraction of sp³-hybridized carbons (Fsp3) is 0.500. The van der Waals surface area contributed by atoms with E-state index in [-0.39, 0.29) is 17.6 Å². The molecule has 0 aromatic heterocycles. The van der Waals surface area contributed by atoms with E-state index in [9.17, 15) is 9.18 Å². The first-order valence-corrected chi connectivity index (χ1v) is 6.42. The maximum Gasteiger partial charge on any atom is 0.225 e. The van der Waals surface area contributed by atoms with Crippen LogP contribution in [0.1, 0.15) is 24.3 Å². The number of hydrogen-bond donors (Lipinski definition) is 1. The summed E-state index contributed by atoms with van der Waals surface area (Å²) in [7, 11) is 2.09. The van der Waals surface area contributed by atoms with Gasteiger partial charge in [0.2, 0.25) is 5.91 Å². The Hall–Kier alpha value is -1.42. The minimum Gasteiger partial charge on any atom is -0.323 e. The lowest BCUT2D eigenvalue weighted by Gasteiger charge is -2.30. The summed E-state index contributed by atoms with van der Waals surface area (Å²) in [6.45, 7) is 2.06. The lowest BCUT2D eigenvalue weighted by atomic mass is 9.80. The molecule has 18 heavy (non-hydrogen) atoms. The minimum absolute atomic E-state index is 0.0628. The molecule has 0 spiro atoms. The van der Waals surface area contributed by atoms with Crippen LogP contribution in [0.15, 0.2) is 18.2 Å². The molecule has 1 aromatic carbocycles. The maximum absolute atomic E-state index is 13.8. The number of likely N-dealkylation sites (tertiary alicyclic amines) is 1. The summed E-state index contributed by atoms with van der Waals surface area (Å²) in [6, 6.07) is 5.08. The minimum atomic E-state index is -0.322. The van der Waals surface area contributed by atoms with Crippen LogP contribution in [0.25, 0.3) is 0 Å². The topological polar surface area (TPSA) is 32.3 Å². The van der Waals surface area contributed by atoms with Crippen molar-refractivity contribution in [2.24, 2.45) is 5.92 Å². The van der Waals surface area contributed by atoms with Crippen LogP contribution in [0.4, 0.5) is 10.1 Å². The van der Waals surface area contributed by atoms with Crippen LogP contribution in [0.3, 0.4) is 0 Å². The normalized spacial score (nSPS) is 28.0. The summed E-state index contributed by atoms with van der Waals surface area (Å²) in [5.41, 5.74) is 1.36. The van der Waals surface area contributed by atoms with E-state index in [1.807, 2.05) is 6.07 Å². The van der Waals surface area contributed by atoms with E-state index in [1.165, 1.54) is 6.07 Å². The highest BCUT2D eigenvalue weighted by atomic mass is 19.1. The van der Waals surface area contributed by atoms with Crippen molar-refractivity contribution in [3.05, 3.63) is 29.6 Å². The molecule has 2 unspecified atom stereocenters. The predicted octanol–water partition coefficient (Wildman–Crippen LogP) is 2.20. The number of rotatable bonds is 1. The SMILES string of the molecule is CN1CCC(C2CC(=O)Nc3c(F)cccc32)C1. The van der Waals surface area contributed by atoms with E-state index in [1.54, 1.807) is 6.07 Å². The van der Waals surface area contributed by atoms with Crippen LogP contribution >= 0.6 is 0 Å². The number of amides is 1. The summed E-state index contributed by atoms with van der Waals surface area (Å²) in [5.74, 6) is 0.236. The first-order chi connectivity index (χ1) is 8.65. The van der Waals surface area contributed by atoms with Crippen molar-refractivity contribution in [2.45, 2.75) is 18.8 Å². The van der Waals surface area contributed by atoms with Gasteiger partial charge < -0.3 is 10.2 Å². The Kier molecular flexibility index (Phi) is 2.82. The molecule has 1 aromatic rings. The second kappa shape index (κ2) is 4.35. The van der Waals surface area contributed by atoms with Crippen molar-refractivity contribution in [3.63, 3.8) is 0 Å². The first-order valence-electron chi connectivity index (χ1n) is 6.42. The zero-order chi connectivity index (χ0) is 12.7. The van der Waals surface area contributed by atoms with Gasteiger partial charge in [0.1, 0.15) is 5.82 Å². The molecule has 0 aliphatic carbocycles. The van der Waals surface area contributed by atoms with Gasteiger partial charge in [-0.25, -0.2) is 4.39 Å². The second-order valence-corrected chi connectivity index (χ2v) is 5.37. The molecule has 0 bridgehead atoms. The van der Waals surface area contributed by atoms with Gasteiger partial charge in [0.25, 0.3) is 0 Å². The number of benzene rings is 1. The van der Waals surface area contributed by atoms with Gasteiger partial charge in [0.15, 0.2) is 0 Å². The van der Waals surface area contributed by atoms with Crippen molar-refractivity contribution in [1.29, 1.82) is 0 Å². The molecule has 2 aliphatic rings. The Morgan fingerprint density at radius 1 is 1.44 bits per heavy atom. The highest BCUT2D eigenvalue weighted by Gasteiger charge is 2.35. The van der Waals surface area contributed by atoms with Crippen molar-refractivity contribution >= 4 is 11.6 Å². The van der Waals surface area contributed by atoms with E-state index in [0.717, 1.165) is 25.1 Å². The first kappa shape index (κ1) is 11.7. The molecule has 1 saturated heterocycles. The molecule has 1 fully saturated rings. The molecule has 96 valence electrons.